The molecule has 2 aromatic carbocycles. The Hall–Kier alpha value is -2.69. The molecule has 0 unspecified atom stereocenters. The first-order chi connectivity index (χ1) is 14.1. The van der Waals surface area contributed by atoms with Crippen molar-refractivity contribution < 1.29 is 14.0 Å². The van der Waals surface area contributed by atoms with Crippen LogP contribution < -0.4 is 0 Å². The van der Waals surface area contributed by atoms with Crippen LogP contribution in [-0.4, -0.2) is 29.2 Å². The zero-order chi connectivity index (χ0) is 20.2. The van der Waals surface area contributed by atoms with Crippen molar-refractivity contribution in [3.8, 4) is 0 Å². The van der Waals surface area contributed by atoms with Gasteiger partial charge in [0.1, 0.15) is 5.82 Å². The molecule has 4 rings (SSSR count). The van der Waals surface area contributed by atoms with Gasteiger partial charge in [-0.25, -0.2) is 4.39 Å². The van der Waals surface area contributed by atoms with Crippen molar-refractivity contribution in [1.29, 1.82) is 0 Å². The summed E-state index contributed by atoms with van der Waals surface area (Å²) in [5, 5.41) is 4.26. The minimum atomic E-state index is -0.277. The standard InChI is InChI=1S/C24H27FN2O2/c1-17-10-12-18(13-11-17)23-14-21(29-26-23)16-27(24(28)19-6-2-3-7-19)15-20-8-4-5-9-22(20)25/h4-5,8-13,19,21H,2-3,6-7,14-16H2,1H3/t21-/m1/s1. The number of benzene rings is 2. The summed E-state index contributed by atoms with van der Waals surface area (Å²) in [5.74, 6) is -0.126. The van der Waals surface area contributed by atoms with E-state index < -0.39 is 0 Å². The molecular weight excluding hydrogens is 367 g/mol. The Balaban J connectivity index is 1.46. The first-order valence-corrected chi connectivity index (χ1v) is 10.4. The third kappa shape index (κ3) is 4.66. The third-order valence-electron chi connectivity index (χ3n) is 5.88. The van der Waals surface area contributed by atoms with Crippen LogP contribution in [0.2, 0.25) is 0 Å². The van der Waals surface area contributed by atoms with Crippen molar-refractivity contribution in [2.75, 3.05) is 6.54 Å². The second kappa shape index (κ2) is 8.76. The molecule has 2 aromatic rings. The molecule has 4 nitrogen and oxygen atoms in total. The van der Waals surface area contributed by atoms with Crippen LogP contribution in [0.5, 0.6) is 0 Å². The molecule has 1 atom stereocenters. The molecule has 2 aliphatic rings. The summed E-state index contributed by atoms with van der Waals surface area (Å²) in [4.78, 5) is 20.6. The van der Waals surface area contributed by atoms with E-state index in [1.54, 1.807) is 23.1 Å². The Kier molecular flexibility index (Phi) is 5.93. The van der Waals surface area contributed by atoms with E-state index in [4.69, 9.17) is 4.84 Å². The predicted molar refractivity (Wildman–Crippen MR) is 111 cm³/mol. The number of rotatable bonds is 6. The second-order valence-corrected chi connectivity index (χ2v) is 8.13. The van der Waals surface area contributed by atoms with Gasteiger partial charge in [-0.2, -0.15) is 0 Å². The number of nitrogens with zero attached hydrogens (tertiary/aromatic N) is 2. The predicted octanol–water partition coefficient (Wildman–Crippen LogP) is 4.85. The molecule has 1 fully saturated rings. The second-order valence-electron chi connectivity index (χ2n) is 8.13. The SMILES string of the molecule is Cc1ccc(C2=NO[C@@H](CN(Cc3ccccc3F)C(=O)C3CCCC3)C2)cc1. The van der Waals surface area contributed by atoms with Crippen molar-refractivity contribution in [3.63, 3.8) is 0 Å². The molecule has 1 aliphatic heterocycles. The van der Waals surface area contributed by atoms with Crippen molar-refractivity contribution in [3.05, 3.63) is 71.0 Å². The lowest BCUT2D eigenvalue weighted by molar-refractivity contribution is -0.137. The maximum Gasteiger partial charge on any atom is 0.226 e. The van der Waals surface area contributed by atoms with E-state index in [1.165, 1.54) is 11.6 Å². The van der Waals surface area contributed by atoms with E-state index >= 15 is 0 Å². The number of amides is 1. The number of carbonyl (C=O) groups excluding carboxylic acids is 1. The molecule has 0 spiro atoms. The van der Waals surface area contributed by atoms with Gasteiger partial charge in [-0.1, -0.05) is 66.0 Å². The van der Waals surface area contributed by atoms with E-state index in [0.29, 0.717) is 18.5 Å². The lowest BCUT2D eigenvalue weighted by Crippen LogP contribution is -2.40. The molecule has 1 saturated carbocycles. The Morgan fingerprint density at radius 1 is 1.14 bits per heavy atom. The normalized spacial score (nSPS) is 19.1. The first kappa shape index (κ1) is 19.6. The highest BCUT2D eigenvalue weighted by Gasteiger charge is 2.32. The maximum atomic E-state index is 14.2. The first-order valence-electron chi connectivity index (χ1n) is 10.4. The van der Waals surface area contributed by atoms with Gasteiger partial charge in [0.05, 0.1) is 12.3 Å². The van der Waals surface area contributed by atoms with Crippen LogP contribution in [0.1, 0.15) is 48.8 Å². The fraction of sp³-hybridized carbons (Fsp3) is 0.417. The Morgan fingerprint density at radius 2 is 1.86 bits per heavy atom. The number of hydrogen-bond acceptors (Lipinski definition) is 3. The molecule has 5 heteroatoms. The van der Waals surface area contributed by atoms with Crippen LogP contribution in [-0.2, 0) is 16.2 Å². The van der Waals surface area contributed by atoms with Crippen molar-refractivity contribution in [2.24, 2.45) is 11.1 Å². The smallest absolute Gasteiger partial charge is 0.226 e. The molecule has 1 aliphatic carbocycles. The summed E-state index contributed by atoms with van der Waals surface area (Å²) in [5.41, 5.74) is 3.68. The van der Waals surface area contributed by atoms with Gasteiger partial charge in [0.15, 0.2) is 6.10 Å². The Labute approximate surface area is 171 Å². The van der Waals surface area contributed by atoms with Crippen LogP contribution in [0, 0.1) is 18.7 Å². The summed E-state index contributed by atoms with van der Waals surface area (Å²) < 4.78 is 14.2. The van der Waals surface area contributed by atoms with E-state index in [-0.39, 0.29) is 30.3 Å². The lowest BCUT2D eigenvalue weighted by atomic mass is 10.0. The summed E-state index contributed by atoms with van der Waals surface area (Å²) in [7, 11) is 0. The fourth-order valence-corrected chi connectivity index (χ4v) is 4.18. The molecule has 0 aromatic heterocycles. The van der Waals surface area contributed by atoms with Gasteiger partial charge < -0.3 is 9.74 Å². The lowest BCUT2D eigenvalue weighted by Gasteiger charge is -2.27. The third-order valence-corrected chi connectivity index (χ3v) is 5.88. The van der Waals surface area contributed by atoms with Crippen LogP contribution in [0.15, 0.2) is 53.7 Å². The van der Waals surface area contributed by atoms with Gasteiger partial charge in [-0.15, -0.1) is 0 Å². The molecule has 1 heterocycles. The zero-order valence-electron chi connectivity index (χ0n) is 16.8. The highest BCUT2D eigenvalue weighted by molar-refractivity contribution is 6.01. The van der Waals surface area contributed by atoms with E-state index in [9.17, 15) is 9.18 Å². The van der Waals surface area contributed by atoms with Gasteiger partial charge in [0.2, 0.25) is 5.91 Å². The zero-order valence-corrected chi connectivity index (χ0v) is 16.8. The summed E-state index contributed by atoms with van der Waals surface area (Å²) >= 11 is 0. The van der Waals surface area contributed by atoms with Gasteiger partial charge in [0, 0.05) is 24.4 Å². The summed E-state index contributed by atoms with van der Waals surface area (Å²) in [6.07, 6.45) is 4.46. The van der Waals surface area contributed by atoms with Crippen LogP contribution in [0.3, 0.4) is 0 Å². The Bertz CT molecular complexity index is 888. The van der Waals surface area contributed by atoms with Crippen LogP contribution in [0.4, 0.5) is 4.39 Å². The van der Waals surface area contributed by atoms with Gasteiger partial charge in [-0.05, 0) is 31.4 Å². The van der Waals surface area contributed by atoms with Gasteiger partial charge >= 0.3 is 0 Å². The minimum absolute atomic E-state index is 0.0423. The van der Waals surface area contributed by atoms with E-state index in [2.05, 4.69) is 24.2 Å². The van der Waals surface area contributed by atoms with Crippen molar-refractivity contribution in [2.45, 2.75) is 51.7 Å². The molecular formula is C24H27FN2O2. The summed E-state index contributed by atoms with van der Waals surface area (Å²) in [6.45, 7) is 2.74. The number of oxime groups is 1. The fourth-order valence-electron chi connectivity index (χ4n) is 4.18. The average molecular weight is 394 g/mol. The number of carbonyl (C=O) groups is 1. The maximum absolute atomic E-state index is 14.2. The average Bonchev–Trinajstić information content (AvgIpc) is 3.41. The number of hydrogen-bond donors (Lipinski definition) is 0. The molecule has 29 heavy (non-hydrogen) atoms. The minimum Gasteiger partial charge on any atom is -0.390 e. The van der Waals surface area contributed by atoms with Crippen LogP contribution >= 0.6 is 0 Å². The number of aryl methyl sites for hydroxylation is 1. The number of halogens is 1. The largest absolute Gasteiger partial charge is 0.390 e. The highest BCUT2D eigenvalue weighted by Crippen LogP contribution is 2.28. The van der Waals surface area contributed by atoms with Gasteiger partial charge in [0.25, 0.3) is 0 Å². The molecule has 0 radical (unpaired) electrons. The quantitative estimate of drug-likeness (QED) is 0.703. The summed E-state index contributed by atoms with van der Waals surface area (Å²) in [6, 6.07) is 14.9. The van der Waals surface area contributed by atoms with Gasteiger partial charge in [-0.3, -0.25) is 4.79 Å². The monoisotopic (exact) mass is 394 g/mol. The van der Waals surface area contributed by atoms with Crippen molar-refractivity contribution in [1.82, 2.24) is 4.90 Å². The highest BCUT2D eigenvalue weighted by atomic mass is 19.1. The van der Waals surface area contributed by atoms with E-state index in [1.807, 2.05) is 12.1 Å². The molecule has 0 saturated heterocycles. The molecule has 0 bridgehead atoms. The molecule has 152 valence electrons. The molecule has 0 N–H and O–H groups in total. The molecule has 1 amide bonds. The van der Waals surface area contributed by atoms with E-state index in [0.717, 1.165) is 37.0 Å². The van der Waals surface area contributed by atoms with Crippen molar-refractivity contribution >= 4 is 11.6 Å². The topological polar surface area (TPSA) is 41.9 Å². The van der Waals surface area contributed by atoms with Crippen LogP contribution in [0.25, 0.3) is 0 Å². The Morgan fingerprint density at radius 3 is 2.59 bits per heavy atom.